The molecule has 0 fully saturated rings. The number of esters is 3. The smallest absolute Gasteiger partial charge is 0.311 e. The molecule has 0 rings (SSSR count). The van der Waals surface area contributed by atoms with E-state index in [0.29, 0.717) is 0 Å². The molecule has 0 spiro atoms. The van der Waals surface area contributed by atoms with E-state index in [1.54, 1.807) is 41.5 Å². The number of ether oxygens (including phenoxy) is 3. The van der Waals surface area contributed by atoms with Crippen molar-refractivity contribution in [1.82, 2.24) is 0 Å². The molecule has 0 aliphatic rings. The summed E-state index contributed by atoms with van der Waals surface area (Å²) in [6.07, 6.45) is -0.813. The van der Waals surface area contributed by atoms with Crippen LogP contribution in [-0.2, 0) is 28.6 Å². The average molecular weight is 302 g/mol. The lowest BCUT2D eigenvalue weighted by molar-refractivity contribution is -0.174. The third kappa shape index (κ3) is 8.32. The highest BCUT2D eigenvalue weighted by Crippen LogP contribution is 2.18. The van der Waals surface area contributed by atoms with E-state index in [-0.39, 0.29) is 13.2 Å². The quantitative estimate of drug-likeness (QED) is 0.571. The minimum atomic E-state index is -0.813. The molecule has 6 heteroatoms. The van der Waals surface area contributed by atoms with E-state index < -0.39 is 34.8 Å². The lowest BCUT2D eigenvalue weighted by Crippen LogP contribution is -2.36. The third-order valence-electron chi connectivity index (χ3n) is 2.37. The predicted octanol–water partition coefficient (Wildman–Crippen LogP) is 2.10. The lowest BCUT2D eigenvalue weighted by atomic mass is 9.97. The summed E-state index contributed by atoms with van der Waals surface area (Å²) in [5.74, 6) is -1.36. The number of carbonyl (C=O) groups is 3. The van der Waals surface area contributed by atoms with Crippen molar-refractivity contribution >= 4 is 17.9 Å². The van der Waals surface area contributed by atoms with Crippen LogP contribution < -0.4 is 0 Å². The molecule has 0 saturated carbocycles. The minimum absolute atomic E-state index is 0.144. The highest BCUT2D eigenvalue weighted by Gasteiger charge is 2.29. The first kappa shape index (κ1) is 19.4. The van der Waals surface area contributed by atoms with E-state index in [4.69, 9.17) is 14.2 Å². The summed E-state index contributed by atoms with van der Waals surface area (Å²) in [6, 6.07) is 0. The monoisotopic (exact) mass is 302 g/mol. The third-order valence-corrected chi connectivity index (χ3v) is 2.37. The van der Waals surface area contributed by atoms with Crippen LogP contribution in [0.1, 0.15) is 48.5 Å². The van der Waals surface area contributed by atoms with Gasteiger partial charge in [0, 0.05) is 6.92 Å². The molecule has 0 bridgehead atoms. The van der Waals surface area contributed by atoms with Gasteiger partial charge in [0.25, 0.3) is 0 Å². The van der Waals surface area contributed by atoms with Crippen molar-refractivity contribution in [2.45, 2.75) is 54.6 Å². The number of carbonyl (C=O) groups excluding carboxylic acids is 3. The van der Waals surface area contributed by atoms with Gasteiger partial charge in [0.05, 0.1) is 10.8 Å². The maximum atomic E-state index is 11.9. The van der Waals surface area contributed by atoms with Gasteiger partial charge in [0.1, 0.15) is 13.2 Å². The molecule has 122 valence electrons. The molecule has 0 heterocycles. The van der Waals surface area contributed by atoms with E-state index >= 15 is 0 Å². The van der Waals surface area contributed by atoms with Gasteiger partial charge in [-0.1, -0.05) is 0 Å². The van der Waals surface area contributed by atoms with Gasteiger partial charge in [-0.05, 0) is 41.5 Å². The molecule has 1 unspecified atom stereocenters. The Morgan fingerprint density at radius 2 is 1.24 bits per heavy atom. The zero-order chi connectivity index (χ0) is 16.8. The van der Waals surface area contributed by atoms with E-state index in [9.17, 15) is 14.4 Å². The second-order valence-electron chi connectivity index (χ2n) is 6.93. The van der Waals surface area contributed by atoms with Gasteiger partial charge in [-0.2, -0.15) is 0 Å². The molecular weight excluding hydrogens is 276 g/mol. The van der Waals surface area contributed by atoms with Crippen LogP contribution in [0.3, 0.4) is 0 Å². The Balaban J connectivity index is 4.64. The SMILES string of the molecule is CC(=O)OCC(COC(=O)C(C)(C)C)OC(=O)C(C)(C)C. The van der Waals surface area contributed by atoms with Crippen molar-refractivity contribution < 1.29 is 28.6 Å². The van der Waals surface area contributed by atoms with Crippen LogP contribution in [0.15, 0.2) is 0 Å². The highest BCUT2D eigenvalue weighted by molar-refractivity contribution is 5.76. The van der Waals surface area contributed by atoms with Gasteiger partial charge < -0.3 is 14.2 Å². The van der Waals surface area contributed by atoms with Crippen LogP contribution in [0.5, 0.6) is 0 Å². The molecule has 0 radical (unpaired) electrons. The van der Waals surface area contributed by atoms with Crippen LogP contribution in [0, 0.1) is 10.8 Å². The summed E-state index contributed by atoms with van der Waals surface area (Å²) in [5, 5.41) is 0. The zero-order valence-corrected chi connectivity index (χ0v) is 13.9. The first-order valence-corrected chi connectivity index (χ1v) is 6.85. The summed E-state index contributed by atoms with van der Waals surface area (Å²) in [6.45, 7) is 11.2. The Bertz CT molecular complexity index is 386. The molecule has 6 nitrogen and oxygen atoms in total. The van der Waals surface area contributed by atoms with Crippen LogP contribution in [0.4, 0.5) is 0 Å². The lowest BCUT2D eigenvalue weighted by Gasteiger charge is -2.24. The minimum Gasteiger partial charge on any atom is -0.462 e. The molecule has 1 atom stereocenters. The van der Waals surface area contributed by atoms with E-state index in [0.717, 1.165) is 0 Å². The standard InChI is InChI=1S/C15H26O6/c1-10(16)19-8-11(21-13(18)15(5,6)7)9-20-12(17)14(2,3)4/h11H,8-9H2,1-7H3. The van der Waals surface area contributed by atoms with Crippen molar-refractivity contribution in [3.05, 3.63) is 0 Å². The first-order chi connectivity index (χ1) is 9.34. The fourth-order valence-electron chi connectivity index (χ4n) is 1.04. The largest absolute Gasteiger partial charge is 0.462 e. The molecule has 0 aliphatic carbocycles. The Labute approximate surface area is 126 Å². The Hall–Kier alpha value is -1.59. The molecule has 0 saturated heterocycles. The van der Waals surface area contributed by atoms with Crippen molar-refractivity contribution in [2.75, 3.05) is 13.2 Å². The molecule has 0 aromatic rings. The molecular formula is C15H26O6. The normalized spacial score (nSPS) is 13.3. The molecule has 0 N–H and O–H groups in total. The highest BCUT2D eigenvalue weighted by atomic mass is 16.6. The van der Waals surface area contributed by atoms with Crippen LogP contribution in [-0.4, -0.2) is 37.2 Å². The fraction of sp³-hybridized carbons (Fsp3) is 0.800. The predicted molar refractivity (Wildman–Crippen MR) is 76.4 cm³/mol. The van der Waals surface area contributed by atoms with Crippen molar-refractivity contribution in [3.63, 3.8) is 0 Å². The van der Waals surface area contributed by atoms with Crippen molar-refractivity contribution in [1.29, 1.82) is 0 Å². The molecule has 0 aliphatic heterocycles. The van der Waals surface area contributed by atoms with Crippen molar-refractivity contribution in [3.8, 4) is 0 Å². The molecule has 0 aromatic carbocycles. The summed E-state index contributed by atoms with van der Waals surface area (Å²) in [5.41, 5.74) is -1.34. The molecule has 0 amide bonds. The zero-order valence-electron chi connectivity index (χ0n) is 13.9. The summed E-state index contributed by atoms with van der Waals surface area (Å²) < 4.78 is 15.2. The summed E-state index contributed by atoms with van der Waals surface area (Å²) in [7, 11) is 0. The van der Waals surface area contributed by atoms with Gasteiger partial charge in [-0.15, -0.1) is 0 Å². The Morgan fingerprint density at radius 1 is 0.810 bits per heavy atom. The topological polar surface area (TPSA) is 78.9 Å². The fourth-order valence-corrected chi connectivity index (χ4v) is 1.04. The van der Waals surface area contributed by atoms with Crippen LogP contribution in [0.25, 0.3) is 0 Å². The van der Waals surface area contributed by atoms with Gasteiger partial charge in [-0.3, -0.25) is 14.4 Å². The second kappa shape index (κ2) is 7.43. The van der Waals surface area contributed by atoms with Gasteiger partial charge in [0.15, 0.2) is 6.10 Å². The molecule has 0 aromatic heterocycles. The van der Waals surface area contributed by atoms with E-state index in [1.807, 2.05) is 0 Å². The van der Waals surface area contributed by atoms with Gasteiger partial charge >= 0.3 is 17.9 Å². The first-order valence-electron chi connectivity index (χ1n) is 6.85. The van der Waals surface area contributed by atoms with Gasteiger partial charge in [-0.25, -0.2) is 0 Å². The van der Waals surface area contributed by atoms with Crippen LogP contribution >= 0.6 is 0 Å². The van der Waals surface area contributed by atoms with E-state index in [2.05, 4.69) is 0 Å². The second-order valence-corrected chi connectivity index (χ2v) is 6.93. The maximum absolute atomic E-state index is 11.9. The van der Waals surface area contributed by atoms with Gasteiger partial charge in [0.2, 0.25) is 0 Å². The summed E-state index contributed by atoms with van der Waals surface area (Å²) in [4.78, 5) is 34.4. The number of hydrogen-bond donors (Lipinski definition) is 0. The molecule has 21 heavy (non-hydrogen) atoms. The average Bonchev–Trinajstić information content (AvgIpc) is 2.29. The number of rotatable bonds is 5. The van der Waals surface area contributed by atoms with Crippen LogP contribution in [0.2, 0.25) is 0 Å². The summed E-state index contributed by atoms with van der Waals surface area (Å²) >= 11 is 0. The van der Waals surface area contributed by atoms with E-state index in [1.165, 1.54) is 6.92 Å². The Kier molecular flexibility index (Phi) is 6.86. The van der Waals surface area contributed by atoms with Crippen molar-refractivity contribution in [2.24, 2.45) is 10.8 Å². The number of hydrogen-bond acceptors (Lipinski definition) is 6. The Morgan fingerprint density at radius 3 is 1.62 bits per heavy atom. The maximum Gasteiger partial charge on any atom is 0.311 e.